The molecule has 3 aromatic carbocycles. The van der Waals surface area contributed by atoms with Crippen LogP contribution < -0.4 is 0 Å². The minimum absolute atomic E-state index is 0.0345. The molecule has 12 nitrogen and oxygen atoms in total. The Morgan fingerprint density at radius 1 is 0.583 bits per heavy atom. The van der Waals surface area contributed by atoms with Gasteiger partial charge in [0.05, 0.1) is 53.0 Å². The van der Waals surface area contributed by atoms with Crippen LogP contribution in [0.1, 0.15) is 22.3 Å². The molecule has 3 aromatic rings. The third kappa shape index (κ3) is 5.87. The van der Waals surface area contributed by atoms with Gasteiger partial charge in [-0.15, -0.1) is 0 Å². The van der Waals surface area contributed by atoms with Crippen LogP contribution in [0.3, 0.4) is 0 Å². The topological polar surface area (TPSA) is 173 Å². The molecule has 0 saturated carbocycles. The Morgan fingerprint density at radius 3 is 1.31 bits per heavy atom. The standard InChI is InChI=1S/C22H12Cl2N4O8/c23-19(17-6-4-15(25(29)30)11-21(17)27(33)34)9-13-2-1-3-14(8-13)10-20(24)18-7-5-16(26(31)32)12-22(18)28(35)36/h1-12H. The minimum atomic E-state index is -0.783. The van der Waals surface area contributed by atoms with E-state index in [2.05, 4.69) is 0 Å². The molecule has 0 bridgehead atoms. The summed E-state index contributed by atoms with van der Waals surface area (Å²) in [6.07, 6.45) is 2.80. The van der Waals surface area contributed by atoms with E-state index in [0.29, 0.717) is 11.1 Å². The summed E-state index contributed by atoms with van der Waals surface area (Å²) in [5.41, 5.74) is -1.13. The summed E-state index contributed by atoms with van der Waals surface area (Å²) in [5, 5.41) is 44.5. The van der Waals surface area contributed by atoms with Crippen molar-refractivity contribution in [2.75, 3.05) is 0 Å². The average Bonchev–Trinajstić information content (AvgIpc) is 2.83. The van der Waals surface area contributed by atoms with E-state index in [1.807, 2.05) is 0 Å². The summed E-state index contributed by atoms with van der Waals surface area (Å²) in [4.78, 5) is 41.6. The van der Waals surface area contributed by atoms with Crippen LogP contribution in [0.15, 0.2) is 60.7 Å². The van der Waals surface area contributed by atoms with Crippen LogP contribution in [-0.2, 0) is 0 Å². The van der Waals surface area contributed by atoms with Gasteiger partial charge in [-0.3, -0.25) is 40.5 Å². The highest BCUT2D eigenvalue weighted by Gasteiger charge is 2.22. The number of nitro benzene ring substituents is 4. The molecule has 0 atom stereocenters. The fraction of sp³-hybridized carbons (Fsp3) is 0. The highest BCUT2D eigenvalue weighted by molar-refractivity contribution is 6.52. The van der Waals surface area contributed by atoms with Crippen molar-refractivity contribution in [2.24, 2.45) is 0 Å². The van der Waals surface area contributed by atoms with E-state index < -0.39 is 42.4 Å². The van der Waals surface area contributed by atoms with Crippen molar-refractivity contribution in [1.29, 1.82) is 0 Å². The lowest BCUT2D eigenvalue weighted by Gasteiger charge is -2.04. The van der Waals surface area contributed by atoms with Crippen molar-refractivity contribution in [3.05, 3.63) is 123 Å². The molecule has 182 valence electrons. The van der Waals surface area contributed by atoms with Crippen LogP contribution in [0.25, 0.3) is 22.2 Å². The predicted octanol–water partition coefficient (Wildman–Crippen LogP) is 6.79. The van der Waals surface area contributed by atoms with Crippen molar-refractivity contribution in [2.45, 2.75) is 0 Å². The number of rotatable bonds is 8. The molecule has 0 amide bonds. The van der Waals surface area contributed by atoms with Crippen LogP contribution in [-0.4, -0.2) is 19.7 Å². The number of non-ortho nitro benzene ring substituents is 2. The lowest BCUT2D eigenvalue weighted by Crippen LogP contribution is -1.96. The number of nitrogens with zero attached hydrogens (tertiary/aromatic N) is 4. The van der Waals surface area contributed by atoms with E-state index in [0.717, 1.165) is 24.3 Å². The van der Waals surface area contributed by atoms with Gasteiger partial charge in [-0.25, -0.2) is 0 Å². The average molecular weight is 531 g/mol. The van der Waals surface area contributed by atoms with Gasteiger partial charge >= 0.3 is 0 Å². The minimum Gasteiger partial charge on any atom is -0.258 e. The highest BCUT2D eigenvalue weighted by atomic mass is 35.5. The van der Waals surface area contributed by atoms with E-state index in [4.69, 9.17) is 23.2 Å². The molecule has 0 spiro atoms. The molecule has 0 aromatic heterocycles. The van der Waals surface area contributed by atoms with Gasteiger partial charge in [-0.1, -0.05) is 41.4 Å². The summed E-state index contributed by atoms with van der Waals surface area (Å²) in [6.45, 7) is 0. The molecule has 0 heterocycles. The van der Waals surface area contributed by atoms with Crippen molar-refractivity contribution < 1.29 is 19.7 Å². The molecule has 0 N–H and O–H groups in total. The van der Waals surface area contributed by atoms with Crippen molar-refractivity contribution in [3.63, 3.8) is 0 Å². The Kier molecular flexibility index (Phi) is 7.72. The second-order valence-corrected chi connectivity index (χ2v) is 7.90. The Bertz CT molecular complexity index is 1380. The molecule has 0 aliphatic rings. The third-order valence-electron chi connectivity index (χ3n) is 4.79. The van der Waals surface area contributed by atoms with Gasteiger partial charge in [0.25, 0.3) is 22.7 Å². The van der Waals surface area contributed by atoms with Gasteiger partial charge in [0.15, 0.2) is 0 Å². The fourth-order valence-corrected chi connectivity index (χ4v) is 3.73. The quantitative estimate of drug-likeness (QED) is 0.173. The van der Waals surface area contributed by atoms with E-state index in [-0.39, 0.29) is 21.2 Å². The summed E-state index contributed by atoms with van der Waals surface area (Å²) in [5.74, 6) is 0. The predicted molar refractivity (Wildman–Crippen MR) is 133 cm³/mol. The maximum atomic E-state index is 11.4. The first-order chi connectivity index (χ1) is 17.0. The molecule has 36 heavy (non-hydrogen) atoms. The summed E-state index contributed by atoms with van der Waals surface area (Å²) < 4.78 is 0. The van der Waals surface area contributed by atoms with Crippen molar-refractivity contribution in [1.82, 2.24) is 0 Å². The molecule has 3 rings (SSSR count). The number of hydrogen-bond acceptors (Lipinski definition) is 8. The Balaban J connectivity index is 1.99. The van der Waals surface area contributed by atoms with Crippen molar-refractivity contribution in [3.8, 4) is 0 Å². The van der Waals surface area contributed by atoms with Gasteiger partial charge in [0, 0.05) is 12.1 Å². The van der Waals surface area contributed by atoms with E-state index >= 15 is 0 Å². The highest BCUT2D eigenvalue weighted by Crippen LogP contribution is 2.35. The molecule has 0 fully saturated rings. The molecular weight excluding hydrogens is 519 g/mol. The molecule has 14 heteroatoms. The lowest BCUT2D eigenvalue weighted by molar-refractivity contribution is -0.394. The zero-order chi connectivity index (χ0) is 26.6. The molecule has 0 aliphatic carbocycles. The second kappa shape index (κ2) is 10.7. The maximum Gasteiger partial charge on any atom is 0.284 e. The molecular formula is C22H12Cl2N4O8. The number of benzene rings is 3. The normalized spacial score (nSPS) is 11.7. The van der Waals surface area contributed by atoms with Crippen LogP contribution >= 0.6 is 23.2 Å². The molecule has 0 radical (unpaired) electrons. The zero-order valence-electron chi connectivity index (χ0n) is 17.7. The van der Waals surface area contributed by atoms with E-state index in [1.54, 1.807) is 24.3 Å². The first-order valence-corrected chi connectivity index (χ1v) is 10.4. The Hall–Kier alpha value is -4.68. The zero-order valence-corrected chi connectivity index (χ0v) is 19.3. The van der Waals surface area contributed by atoms with Crippen LogP contribution in [0.5, 0.6) is 0 Å². The van der Waals surface area contributed by atoms with Crippen molar-refractivity contribution >= 4 is 68.2 Å². The van der Waals surface area contributed by atoms with Crippen LogP contribution in [0.4, 0.5) is 22.7 Å². The fourth-order valence-electron chi connectivity index (χ4n) is 3.16. The molecule has 0 saturated heterocycles. The van der Waals surface area contributed by atoms with Gasteiger partial charge in [0.2, 0.25) is 0 Å². The Morgan fingerprint density at radius 2 is 0.972 bits per heavy atom. The largest absolute Gasteiger partial charge is 0.284 e. The maximum absolute atomic E-state index is 11.4. The van der Waals surface area contributed by atoms with Gasteiger partial charge in [0.1, 0.15) is 0 Å². The third-order valence-corrected chi connectivity index (χ3v) is 5.42. The summed E-state index contributed by atoms with van der Waals surface area (Å²) >= 11 is 12.6. The van der Waals surface area contributed by atoms with Gasteiger partial charge in [-0.2, -0.15) is 0 Å². The molecule has 0 unspecified atom stereocenters. The van der Waals surface area contributed by atoms with Crippen LogP contribution in [0, 0.1) is 40.5 Å². The first kappa shape index (κ1) is 25.9. The summed E-state index contributed by atoms with van der Waals surface area (Å²) in [6, 6.07) is 12.6. The van der Waals surface area contributed by atoms with E-state index in [9.17, 15) is 40.5 Å². The first-order valence-electron chi connectivity index (χ1n) is 9.69. The smallest absolute Gasteiger partial charge is 0.258 e. The van der Waals surface area contributed by atoms with E-state index in [1.165, 1.54) is 24.3 Å². The number of hydrogen-bond donors (Lipinski definition) is 0. The van der Waals surface area contributed by atoms with Crippen LogP contribution in [0.2, 0.25) is 0 Å². The second-order valence-electron chi connectivity index (χ2n) is 7.09. The summed E-state index contributed by atoms with van der Waals surface area (Å²) in [7, 11) is 0. The van der Waals surface area contributed by atoms with Gasteiger partial charge in [-0.05, 0) is 41.5 Å². The molecule has 0 aliphatic heterocycles. The van der Waals surface area contributed by atoms with Gasteiger partial charge < -0.3 is 0 Å². The SMILES string of the molecule is O=[N+]([O-])c1ccc(C(Cl)=Cc2cccc(C=C(Cl)c3ccc([N+](=O)[O-])cc3[N+](=O)[O-])c2)c([N+](=O)[O-])c1. The number of halogens is 2. The lowest BCUT2D eigenvalue weighted by atomic mass is 10.1. The Labute approximate surface area is 211 Å². The monoisotopic (exact) mass is 530 g/mol. The number of nitro groups is 4.